The zero-order valence-corrected chi connectivity index (χ0v) is 9.04. The molecule has 0 aliphatic heterocycles. The van der Waals surface area contributed by atoms with Gasteiger partial charge in [-0.25, -0.2) is 9.97 Å². The van der Waals surface area contributed by atoms with Crippen LogP contribution in [0.3, 0.4) is 0 Å². The zero-order valence-electron chi connectivity index (χ0n) is 9.04. The Hall–Kier alpha value is -2.20. The smallest absolute Gasteiger partial charge is 0.162 e. The molecule has 0 aliphatic rings. The van der Waals surface area contributed by atoms with E-state index in [0.29, 0.717) is 11.5 Å². The number of hydrogen-bond acceptors (Lipinski definition) is 3. The molecule has 0 saturated heterocycles. The van der Waals surface area contributed by atoms with E-state index in [1.165, 1.54) is 0 Å². The van der Waals surface area contributed by atoms with Gasteiger partial charge in [-0.1, -0.05) is 18.2 Å². The minimum absolute atomic E-state index is 0.402. The normalized spacial score (nSPS) is 12.8. The lowest BCUT2D eigenvalue weighted by atomic mass is 10.2. The molecule has 2 N–H and O–H groups in total. The number of hydrogen-bond donors (Lipinski definition) is 2. The van der Waals surface area contributed by atoms with E-state index in [9.17, 15) is 5.11 Å². The van der Waals surface area contributed by atoms with E-state index in [-0.39, 0.29) is 0 Å². The molecule has 0 amide bonds. The van der Waals surface area contributed by atoms with Crippen molar-refractivity contribution in [1.29, 1.82) is 0 Å². The fourth-order valence-corrected chi connectivity index (χ4v) is 1.83. The van der Waals surface area contributed by atoms with Crippen molar-refractivity contribution in [3.8, 4) is 0 Å². The van der Waals surface area contributed by atoms with Crippen LogP contribution in [0.4, 0.5) is 0 Å². The van der Waals surface area contributed by atoms with Crippen LogP contribution in [0.5, 0.6) is 0 Å². The molecule has 3 aromatic rings. The van der Waals surface area contributed by atoms with Crippen molar-refractivity contribution >= 4 is 10.9 Å². The van der Waals surface area contributed by atoms with Crippen molar-refractivity contribution in [3.63, 3.8) is 0 Å². The number of H-pyrrole nitrogens is 1. The molecule has 1 unspecified atom stereocenters. The van der Waals surface area contributed by atoms with Gasteiger partial charge in [0, 0.05) is 17.9 Å². The second kappa shape index (κ2) is 3.99. The quantitative estimate of drug-likeness (QED) is 0.701. The third-order valence-corrected chi connectivity index (χ3v) is 2.68. The van der Waals surface area contributed by atoms with Gasteiger partial charge in [-0.2, -0.15) is 0 Å². The molecule has 2 heterocycles. The molecular weight excluding hydrogens is 214 g/mol. The Morgan fingerprint density at radius 3 is 2.59 bits per heavy atom. The number of para-hydroxylation sites is 1. The topological polar surface area (TPSA) is 61.8 Å². The molecule has 0 fully saturated rings. The van der Waals surface area contributed by atoms with Gasteiger partial charge in [0.2, 0.25) is 0 Å². The molecule has 1 atom stereocenters. The lowest BCUT2D eigenvalue weighted by Crippen LogP contribution is -2.04. The van der Waals surface area contributed by atoms with Crippen LogP contribution in [-0.4, -0.2) is 20.1 Å². The van der Waals surface area contributed by atoms with Crippen LogP contribution in [0.1, 0.15) is 17.6 Å². The lowest BCUT2D eigenvalue weighted by molar-refractivity contribution is 0.206. The van der Waals surface area contributed by atoms with E-state index in [2.05, 4.69) is 15.0 Å². The molecule has 4 nitrogen and oxygen atoms in total. The van der Waals surface area contributed by atoms with Gasteiger partial charge in [0.1, 0.15) is 0 Å². The van der Waals surface area contributed by atoms with Crippen LogP contribution in [0, 0.1) is 0 Å². The van der Waals surface area contributed by atoms with Crippen molar-refractivity contribution in [2.24, 2.45) is 0 Å². The molecular formula is C13H11N3O. The number of aliphatic hydroxyl groups is 1. The second-order valence-electron chi connectivity index (χ2n) is 3.82. The summed E-state index contributed by atoms with van der Waals surface area (Å²) >= 11 is 0. The average molecular weight is 225 g/mol. The third-order valence-electron chi connectivity index (χ3n) is 2.68. The van der Waals surface area contributed by atoms with Crippen molar-refractivity contribution in [1.82, 2.24) is 15.0 Å². The molecule has 17 heavy (non-hydrogen) atoms. The van der Waals surface area contributed by atoms with Gasteiger partial charge < -0.3 is 10.1 Å². The Bertz CT molecular complexity index is 600. The molecule has 2 aromatic heterocycles. The average Bonchev–Trinajstić information content (AvgIpc) is 2.82. The molecule has 4 heteroatoms. The van der Waals surface area contributed by atoms with E-state index in [1.807, 2.05) is 30.3 Å². The number of aromatic nitrogens is 3. The molecule has 0 radical (unpaired) electrons. The summed E-state index contributed by atoms with van der Waals surface area (Å²) in [4.78, 5) is 11.3. The zero-order chi connectivity index (χ0) is 11.7. The molecule has 84 valence electrons. The Morgan fingerprint density at radius 1 is 1.06 bits per heavy atom. The fourth-order valence-electron chi connectivity index (χ4n) is 1.83. The number of fused-ring (bicyclic) bond motifs is 1. The SMILES string of the molecule is OC(c1ncccn1)c1cc2ccccc2[nH]1. The van der Waals surface area contributed by atoms with Gasteiger partial charge in [-0.05, 0) is 23.6 Å². The maximum atomic E-state index is 10.1. The van der Waals surface area contributed by atoms with Crippen molar-refractivity contribution < 1.29 is 5.11 Å². The third kappa shape index (κ3) is 1.79. The van der Waals surface area contributed by atoms with Crippen molar-refractivity contribution in [2.75, 3.05) is 0 Å². The lowest BCUT2D eigenvalue weighted by Gasteiger charge is -2.05. The summed E-state index contributed by atoms with van der Waals surface area (Å²) in [6.45, 7) is 0. The Balaban J connectivity index is 2.04. The number of nitrogens with zero attached hydrogens (tertiary/aromatic N) is 2. The minimum Gasteiger partial charge on any atom is -0.379 e. The van der Waals surface area contributed by atoms with Crippen molar-refractivity contribution in [2.45, 2.75) is 6.10 Å². The predicted molar refractivity (Wildman–Crippen MR) is 64.4 cm³/mol. The first-order chi connectivity index (χ1) is 8.34. The van der Waals surface area contributed by atoms with Gasteiger partial charge in [-0.15, -0.1) is 0 Å². The second-order valence-corrected chi connectivity index (χ2v) is 3.82. The summed E-state index contributed by atoms with van der Waals surface area (Å²) in [5.74, 6) is 0.402. The van der Waals surface area contributed by atoms with E-state index in [1.54, 1.807) is 18.5 Å². The first kappa shape index (κ1) is 9.99. The molecule has 1 aromatic carbocycles. The van der Waals surface area contributed by atoms with E-state index in [4.69, 9.17) is 0 Å². The minimum atomic E-state index is -0.816. The van der Waals surface area contributed by atoms with E-state index >= 15 is 0 Å². The van der Waals surface area contributed by atoms with Crippen LogP contribution in [0.15, 0.2) is 48.8 Å². The highest BCUT2D eigenvalue weighted by atomic mass is 16.3. The maximum Gasteiger partial charge on any atom is 0.162 e. The summed E-state index contributed by atoms with van der Waals surface area (Å²) in [7, 11) is 0. The van der Waals surface area contributed by atoms with Crippen LogP contribution in [-0.2, 0) is 0 Å². The van der Waals surface area contributed by atoms with Gasteiger partial charge in [0.05, 0.1) is 5.69 Å². The number of nitrogens with one attached hydrogen (secondary N) is 1. The molecule has 0 bridgehead atoms. The largest absolute Gasteiger partial charge is 0.379 e. The summed E-state index contributed by atoms with van der Waals surface area (Å²) < 4.78 is 0. The standard InChI is InChI=1S/C13H11N3O/c17-12(13-14-6-3-7-15-13)11-8-9-4-1-2-5-10(9)16-11/h1-8,12,16-17H. The maximum absolute atomic E-state index is 10.1. The fraction of sp³-hybridized carbons (Fsp3) is 0.0769. The molecule has 0 spiro atoms. The summed E-state index contributed by atoms with van der Waals surface area (Å²) in [5.41, 5.74) is 1.70. The first-order valence-electron chi connectivity index (χ1n) is 5.37. The van der Waals surface area contributed by atoms with E-state index < -0.39 is 6.10 Å². The van der Waals surface area contributed by atoms with Crippen LogP contribution in [0.2, 0.25) is 0 Å². The summed E-state index contributed by atoms with van der Waals surface area (Å²) in [6, 6.07) is 11.5. The first-order valence-corrected chi connectivity index (χ1v) is 5.37. The van der Waals surface area contributed by atoms with Crippen LogP contribution in [0.25, 0.3) is 10.9 Å². The predicted octanol–water partition coefficient (Wildman–Crippen LogP) is 2.04. The number of aromatic amines is 1. The van der Waals surface area contributed by atoms with Crippen molar-refractivity contribution in [3.05, 3.63) is 60.3 Å². The van der Waals surface area contributed by atoms with Gasteiger partial charge >= 0.3 is 0 Å². The van der Waals surface area contributed by atoms with Gasteiger partial charge in [0.15, 0.2) is 11.9 Å². The Kier molecular flexibility index (Phi) is 2.34. The number of benzene rings is 1. The summed E-state index contributed by atoms with van der Waals surface area (Å²) in [6.07, 6.45) is 2.42. The molecule has 0 aliphatic carbocycles. The van der Waals surface area contributed by atoms with Gasteiger partial charge in [-0.3, -0.25) is 0 Å². The van der Waals surface area contributed by atoms with Crippen LogP contribution < -0.4 is 0 Å². The summed E-state index contributed by atoms with van der Waals surface area (Å²) in [5, 5.41) is 11.2. The van der Waals surface area contributed by atoms with Gasteiger partial charge in [0.25, 0.3) is 0 Å². The Morgan fingerprint density at radius 2 is 1.82 bits per heavy atom. The van der Waals surface area contributed by atoms with E-state index in [0.717, 1.165) is 10.9 Å². The molecule has 3 rings (SSSR count). The monoisotopic (exact) mass is 225 g/mol. The number of aliphatic hydroxyl groups excluding tert-OH is 1. The number of rotatable bonds is 2. The molecule has 0 saturated carbocycles. The highest BCUT2D eigenvalue weighted by Crippen LogP contribution is 2.22. The Labute approximate surface area is 98.0 Å². The highest BCUT2D eigenvalue weighted by Gasteiger charge is 2.14. The van der Waals surface area contributed by atoms with Crippen LogP contribution >= 0.6 is 0 Å². The highest BCUT2D eigenvalue weighted by molar-refractivity contribution is 5.80.